The maximum atomic E-state index is 12.0. The van der Waals surface area contributed by atoms with Crippen LogP contribution in [0.25, 0.3) is 0 Å². The molecule has 0 fully saturated rings. The Labute approximate surface area is 110 Å². The van der Waals surface area contributed by atoms with Gasteiger partial charge >= 0.3 is 0 Å². The van der Waals surface area contributed by atoms with Crippen molar-refractivity contribution < 1.29 is 4.79 Å². The van der Waals surface area contributed by atoms with Crippen LogP contribution in [0.4, 0.5) is 0 Å². The van der Waals surface area contributed by atoms with Crippen molar-refractivity contribution in [2.75, 3.05) is 11.5 Å². The van der Waals surface area contributed by atoms with Crippen molar-refractivity contribution in [2.45, 2.75) is 48.0 Å². The first-order valence-electron chi connectivity index (χ1n) is 6.09. The lowest BCUT2D eigenvalue weighted by Gasteiger charge is -2.21. The second kappa shape index (κ2) is 6.44. The molecule has 0 spiro atoms. The molecule has 0 aliphatic carbocycles. The van der Waals surface area contributed by atoms with E-state index in [9.17, 15) is 4.79 Å². The van der Waals surface area contributed by atoms with E-state index in [2.05, 4.69) is 26.8 Å². The third-order valence-electron chi connectivity index (χ3n) is 2.30. The van der Waals surface area contributed by atoms with Crippen LogP contribution in [-0.2, 0) is 4.79 Å². The van der Waals surface area contributed by atoms with Gasteiger partial charge in [-0.15, -0.1) is 0 Å². The molecular weight excluding hydrogens is 230 g/mol. The molecule has 98 valence electrons. The van der Waals surface area contributed by atoms with E-state index in [1.807, 2.05) is 32.5 Å². The average molecular weight is 255 g/mol. The van der Waals surface area contributed by atoms with Crippen LogP contribution < -0.4 is 0 Å². The predicted octanol–water partition coefficient (Wildman–Crippen LogP) is 3.91. The Balaban J connectivity index is 4.10. The molecular formula is C14H25NOS. The van der Waals surface area contributed by atoms with E-state index in [1.54, 1.807) is 0 Å². The van der Waals surface area contributed by atoms with Crippen LogP contribution in [0.15, 0.2) is 0 Å². The summed E-state index contributed by atoms with van der Waals surface area (Å²) < 4.78 is 0. The van der Waals surface area contributed by atoms with Crippen LogP contribution >= 0.6 is 11.8 Å². The molecule has 0 aliphatic rings. The molecule has 0 saturated heterocycles. The van der Waals surface area contributed by atoms with Crippen LogP contribution in [0.1, 0.15) is 48.0 Å². The van der Waals surface area contributed by atoms with Crippen molar-refractivity contribution in [3.05, 3.63) is 0 Å². The van der Waals surface area contributed by atoms with Gasteiger partial charge in [0.15, 0.2) is 5.78 Å². The van der Waals surface area contributed by atoms with Crippen molar-refractivity contribution in [1.29, 1.82) is 5.26 Å². The molecule has 0 N–H and O–H groups in total. The fraction of sp³-hybridized carbons (Fsp3) is 0.857. The summed E-state index contributed by atoms with van der Waals surface area (Å²) in [5.74, 6) is 1.57. The zero-order chi connectivity index (χ0) is 13.7. The highest BCUT2D eigenvalue weighted by atomic mass is 32.2. The van der Waals surface area contributed by atoms with Crippen LogP contribution in [0.2, 0.25) is 0 Å². The summed E-state index contributed by atoms with van der Waals surface area (Å²) in [6.45, 7) is 12.2. The lowest BCUT2D eigenvalue weighted by Crippen LogP contribution is -2.28. The van der Waals surface area contributed by atoms with Gasteiger partial charge in [0.1, 0.15) is 5.92 Å². The van der Waals surface area contributed by atoms with E-state index in [4.69, 9.17) is 5.26 Å². The summed E-state index contributed by atoms with van der Waals surface area (Å²) in [5, 5.41) is 9.04. The van der Waals surface area contributed by atoms with Gasteiger partial charge in [0.2, 0.25) is 0 Å². The summed E-state index contributed by atoms with van der Waals surface area (Å²) in [7, 11) is 0. The first-order chi connectivity index (χ1) is 7.58. The number of carbonyl (C=O) groups is 1. The van der Waals surface area contributed by atoms with Gasteiger partial charge in [-0.3, -0.25) is 4.79 Å². The normalized spacial score (nSPS) is 14.2. The first-order valence-corrected chi connectivity index (χ1v) is 7.25. The lowest BCUT2D eigenvalue weighted by atomic mass is 9.82. The van der Waals surface area contributed by atoms with Crippen molar-refractivity contribution in [3.8, 4) is 6.07 Å². The van der Waals surface area contributed by atoms with Gasteiger partial charge in [-0.05, 0) is 23.3 Å². The SMILES string of the molecule is CC(C)(C)CSCCC(C#N)C(=O)C(C)(C)C. The Hall–Kier alpha value is -0.490. The molecule has 0 aromatic heterocycles. The van der Waals surface area contributed by atoms with Gasteiger partial charge in [-0.25, -0.2) is 0 Å². The minimum atomic E-state index is -0.442. The number of Topliss-reactive ketones (excluding diaryl/α,β-unsaturated/α-hetero) is 1. The van der Waals surface area contributed by atoms with E-state index in [-0.39, 0.29) is 5.78 Å². The van der Waals surface area contributed by atoms with Crippen LogP contribution in [0.5, 0.6) is 0 Å². The zero-order valence-electron chi connectivity index (χ0n) is 12.0. The number of nitrogens with zero attached hydrogens (tertiary/aromatic N) is 1. The molecule has 1 atom stereocenters. The second-order valence-electron chi connectivity index (χ2n) is 6.70. The lowest BCUT2D eigenvalue weighted by molar-refractivity contribution is -0.128. The van der Waals surface area contributed by atoms with E-state index in [0.29, 0.717) is 11.8 Å². The summed E-state index contributed by atoms with van der Waals surface area (Å²) >= 11 is 1.83. The second-order valence-corrected chi connectivity index (χ2v) is 7.80. The highest BCUT2D eigenvalue weighted by Gasteiger charge is 2.29. The molecule has 3 heteroatoms. The highest BCUT2D eigenvalue weighted by molar-refractivity contribution is 7.99. The van der Waals surface area contributed by atoms with E-state index in [0.717, 1.165) is 11.5 Å². The highest BCUT2D eigenvalue weighted by Crippen LogP contribution is 2.25. The molecule has 0 rings (SSSR count). The van der Waals surface area contributed by atoms with Gasteiger partial charge < -0.3 is 0 Å². The number of thioether (sulfide) groups is 1. The molecule has 17 heavy (non-hydrogen) atoms. The minimum Gasteiger partial charge on any atom is -0.298 e. The van der Waals surface area contributed by atoms with Gasteiger partial charge in [0, 0.05) is 5.41 Å². The topological polar surface area (TPSA) is 40.9 Å². The Morgan fingerprint density at radius 3 is 2.12 bits per heavy atom. The first kappa shape index (κ1) is 16.5. The monoisotopic (exact) mass is 255 g/mol. The Bertz CT molecular complexity index is 291. The number of hydrogen-bond acceptors (Lipinski definition) is 3. The molecule has 0 aliphatic heterocycles. The Morgan fingerprint density at radius 2 is 1.76 bits per heavy atom. The fourth-order valence-electron chi connectivity index (χ4n) is 1.36. The van der Waals surface area contributed by atoms with Crippen molar-refractivity contribution in [1.82, 2.24) is 0 Å². The smallest absolute Gasteiger partial charge is 0.155 e. The quantitative estimate of drug-likeness (QED) is 0.699. The number of nitriles is 1. The zero-order valence-corrected chi connectivity index (χ0v) is 12.8. The third kappa shape index (κ3) is 7.44. The number of carbonyl (C=O) groups excluding carboxylic acids is 1. The number of hydrogen-bond donors (Lipinski definition) is 0. The van der Waals surface area contributed by atoms with Crippen molar-refractivity contribution >= 4 is 17.5 Å². The molecule has 0 bridgehead atoms. The third-order valence-corrected chi connectivity index (χ3v) is 3.89. The molecule has 2 nitrogen and oxygen atoms in total. The van der Waals surface area contributed by atoms with E-state index < -0.39 is 11.3 Å². The van der Waals surface area contributed by atoms with Crippen molar-refractivity contribution in [2.24, 2.45) is 16.7 Å². The Morgan fingerprint density at radius 1 is 1.24 bits per heavy atom. The Kier molecular flexibility index (Phi) is 6.26. The standard InChI is InChI=1S/C14H25NOS/c1-13(2,3)10-17-8-7-11(9-15)12(16)14(4,5)6/h11H,7-8,10H2,1-6H3. The number of rotatable bonds is 5. The van der Waals surface area contributed by atoms with Crippen LogP contribution in [0, 0.1) is 28.1 Å². The van der Waals surface area contributed by atoms with Crippen LogP contribution in [-0.4, -0.2) is 17.3 Å². The number of ketones is 1. The predicted molar refractivity (Wildman–Crippen MR) is 75.0 cm³/mol. The summed E-state index contributed by atoms with van der Waals surface area (Å²) in [4.78, 5) is 12.0. The van der Waals surface area contributed by atoms with E-state index >= 15 is 0 Å². The molecule has 0 heterocycles. The largest absolute Gasteiger partial charge is 0.298 e. The average Bonchev–Trinajstić information content (AvgIpc) is 2.14. The maximum absolute atomic E-state index is 12.0. The van der Waals surface area contributed by atoms with Crippen LogP contribution in [0.3, 0.4) is 0 Å². The van der Waals surface area contributed by atoms with Gasteiger partial charge in [0.25, 0.3) is 0 Å². The summed E-state index contributed by atoms with van der Waals surface area (Å²) in [6.07, 6.45) is 0.674. The molecule has 1 unspecified atom stereocenters. The molecule has 0 aromatic rings. The molecule has 0 saturated carbocycles. The molecule has 0 aromatic carbocycles. The maximum Gasteiger partial charge on any atom is 0.155 e. The molecule has 0 amide bonds. The van der Waals surface area contributed by atoms with Gasteiger partial charge in [0.05, 0.1) is 6.07 Å². The van der Waals surface area contributed by atoms with Gasteiger partial charge in [-0.2, -0.15) is 17.0 Å². The molecule has 0 radical (unpaired) electrons. The van der Waals surface area contributed by atoms with Gasteiger partial charge in [-0.1, -0.05) is 41.5 Å². The van der Waals surface area contributed by atoms with E-state index in [1.165, 1.54) is 0 Å². The summed E-state index contributed by atoms with van der Waals surface area (Å²) in [6, 6.07) is 2.14. The summed E-state index contributed by atoms with van der Waals surface area (Å²) in [5.41, 5.74) is -0.101. The van der Waals surface area contributed by atoms with Crippen molar-refractivity contribution in [3.63, 3.8) is 0 Å². The fourth-order valence-corrected chi connectivity index (χ4v) is 2.52. The minimum absolute atomic E-state index is 0.0661.